The molecule has 0 aliphatic rings. The van der Waals surface area contributed by atoms with Crippen molar-refractivity contribution in [3.05, 3.63) is 60.7 Å². The van der Waals surface area contributed by atoms with Crippen LogP contribution in [0.4, 0.5) is 11.4 Å². The van der Waals surface area contributed by atoms with Crippen LogP contribution in [0.25, 0.3) is 0 Å². The quantitative estimate of drug-likeness (QED) is 0.394. The predicted molar refractivity (Wildman–Crippen MR) is 99.6 cm³/mol. The molecule has 0 spiro atoms. The number of hydrogen-bond acceptors (Lipinski definition) is 4. The van der Waals surface area contributed by atoms with Gasteiger partial charge in [-0.3, -0.25) is 0 Å². The maximum Gasteiger partial charge on any atom is 0.188 e. The fourth-order valence-corrected chi connectivity index (χ4v) is 2.25. The third kappa shape index (κ3) is 6.24. The first kappa shape index (κ1) is 17.7. The molecule has 0 aliphatic carbocycles. The summed E-state index contributed by atoms with van der Waals surface area (Å²) < 4.78 is 10.7. The van der Waals surface area contributed by atoms with Gasteiger partial charge in [-0.1, -0.05) is 36.4 Å². The number of benzene rings is 2. The first-order valence-electron chi connectivity index (χ1n) is 8.15. The van der Waals surface area contributed by atoms with E-state index in [-0.39, 0.29) is 0 Å². The molecule has 0 radical (unpaired) electrons. The molecule has 0 amide bonds. The summed E-state index contributed by atoms with van der Waals surface area (Å²) in [6, 6.07) is 19.7. The lowest BCUT2D eigenvalue weighted by Gasteiger charge is -2.07. The summed E-state index contributed by atoms with van der Waals surface area (Å²) in [5.41, 5.74) is 1.83. The number of nitrogens with zero attached hydrogens (tertiary/aromatic N) is 2. The molecule has 0 unspecified atom stereocenters. The molecular formula is C20H24N2O2. The lowest BCUT2D eigenvalue weighted by Crippen LogP contribution is -2.03. The van der Waals surface area contributed by atoms with Gasteiger partial charge in [-0.2, -0.15) is 0 Å². The number of rotatable bonds is 7. The Hall–Kier alpha value is -2.62. The van der Waals surface area contributed by atoms with Crippen LogP contribution in [0.5, 0.6) is 0 Å². The van der Waals surface area contributed by atoms with Gasteiger partial charge in [0.25, 0.3) is 0 Å². The van der Waals surface area contributed by atoms with Crippen molar-refractivity contribution < 1.29 is 9.47 Å². The molecule has 0 N–H and O–H groups in total. The van der Waals surface area contributed by atoms with Crippen molar-refractivity contribution in [2.75, 3.05) is 14.2 Å². The van der Waals surface area contributed by atoms with Crippen LogP contribution >= 0.6 is 0 Å². The van der Waals surface area contributed by atoms with E-state index in [1.54, 1.807) is 14.2 Å². The van der Waals surface area contributed by atoms with Crippen molar-refractivity contribution in [2.45, 2.75) is 25.7 Å². The lowest BCUT2D eigenvalue weighted by molar-refractivity contribution is 0.380. The zero-order chi connectivity index (χ0) is 17.0. The van der Waals surface area contributed by atoms with Gasteiger partial charge in [-0.05, 0) is 37.1 Å². The van der Waals surface area contributed by atoms with Crippen LogP contribution in [-0.2, 0) is 9.47 Å². The third-order valence-electron chi connectivity index (χ3n) is 3.52. The molecule has 24 heavy (non-hydrogen) atoms. The number of hydrogen-bond donors (Lipinski definition) is 0. The van der Waals surface area contributed by atoms with E-state index < -0.39 is 0 Å². The molecule has 0 heterocycles. The monoisotopic (exact) mass is 324 g/mol. The highest BCUT2D eigenvalue weighted by Gasteiger charge is 2.03. The Labute approximate surface area is 143 Å². The first-order valence-corrected chi connectivity index (χ1v) is 8.15. The van der Waals surface area contributed by atoms with Gasteiger partial charge in [-0.25, -0.2) is 9.98 Å². The maximum absolute atomic E-state index is 5.37. The highest BCUT2D eigenvalue weighted by molar-refractivity contribution is 5.80. The summed E-state index contributed by atoms with van der Waals surface area (Å²) in [5, 5.41) is 0. The van der Waals surface area contributed by atoms with E-state index in [0.717, 1.165) is 48.9 Å². The van der Waals surface area contributed by atoms with Crippen LogP contribution in [0.1, 0.15) is 25.7 Å². The summed E-state index contributed by atoms with van der Waals surface area (Å²) in [5.74, 6) is 1.50. The van der Waals surface area contributed by atoms with E-state index >= 15 is 0 Å². The Morgan fingerprint density at radius 3 is 1.38 bits per heavy atom. The maximum atomic E-state index is 5.37. The summed E-state index contributed by atoms with van der Waals surface area (Å²) in [4.78, 5) is 9.03. The molecule has 2 aromatic carbocycles. The molecule has 0 aromatic heterocycles. The van der Waals surface area contributed by atoms with Crippen molar-refractivity contribution in [3.63, 3.8) is 0 Å². The molecule has 4 heteroatoms. The summed E-state index contributed by atoms with van der Waals surface area (Å²) in [7, 11) is 3.33. The van der Waals surface area contributed by atoms with E-state index in [2.05, 4.69) is 9.98 Å². The minimum atomic E-state index is 0.750. The van der Waals surface area contributed by atoms with E-state index in [0.29, 0.717) is 0 Å². The standard InChI is InChI=1S/C20H24N2O2/c1-23-19(21-17-11-5-3-6-12-17)15-9-10-16-20(24-2)22-18-13-7-4-8-14-18/h3-8,11-14H,9-10,15-16H2,1-2H3. The molecule has 0 fully saturated rings. The van der Waals surface area contributed by atoms with Crippen molar-refractivity contribution in [2.24, 2.45) is 9.98 Å². The number of unbranched alkanes of at least 4 members (excludes halogenated alkanes) is 1. The van der Waals surface area contributed by atoms with Crippen LogP contribution < -0.4 is 0 Å². The van der Waals surface area contributed by atoms with Gasteiger partial charge in [-0.15, -0.1) is 0 Å². The minimum absolute atomic E-state index is 0.750. The molecule has 0 bridgehead atoms. The van der Waals surface area contributed by atoms with Crippen LogP contribution in [0.2, 0.25) is 0 Å². The molecule has 0 saturated heterocycles. The van der Waals surface area contributed by atoms with E-state index in [1.165, 1.54) is 0 Å². The molecule has 0 aliphatic heterocycles. The van der Waals surface area contributed by atoms with E-state index in [1.807, 2.05) is 60.7 Å². The molecule has 2 aromatic rings. The number of ether oxygens (including phenoxy) is 2. The average Bonchev–Trinajstić information content (AvgIpc) is 2.64. The lowest BCUT2D eigenvalue weighted by atomic mass is 10.2. The van der Waals surface area contributed by atoms with Crippen LogP contribution in [0, 0.1) is 0 Å². The molecular weight excluding hydrogens is 300 g/mol. The Morgan fingerprint density at radius 1 is 0.667 bits per heavy atom. The summed E-state index contributed by atoms with van der Waals surface area (Å²) in [6.07, 6.45) is 3.54. The van der Waals surface area contributed by atoms with Crippen molar-refractivity contribution in [3.8, 4) is 0 Å². The molecule has 2 rings (SSSR count). The van der Waals surface area contributed by atoms with E-state index in [9.17, 15) is 0 Å². The fourth-order valence-electron chi connectivity index (χ4n) is 2.25. The summed E-state index contributed by atoms with van der Waals surface area (Å²) >= 11 is 0. The zero-order valence-corrected chi connectivity index (χ0v) is 14.3. The number of para-hydroxylation sites is 2. The Balaban J connectivity index is 1.82. The van der Waals surface area contributed by atoms with E-state index in [4.69, 9.17) is 9.47 Å². The van der Waals surface area contributed by atoms with Gasteiger partial charge in [0.05, 0.1) is 25.6 Å². The zero-order valence-electron chi connectivity index (χ0n) is 14.3. The van der Waals surface area contributed by atoms with Crippen molar-refractivity contribution in [1.82, 2.24) is 0 Å². The Bertz CT molecular complexity index is 592. The number of methoxy groups -OCH3 is 2. The van der Waals surface area contributed by atoms with Gasteiger partial charge >= 0.3 is 0 Å². The predicted octanol–water partition coefficient (Wildman–Crippen LogP) is 5.30. The second-order valence-corrected chi connectivity index (χ2v) is 5.30. The second-order valence-electron chi connectivity index (χ2n) is 5.30. The van der Waals surface area contributed by atoms with Crippen molar-refractivity contribution >= 4 is 23.2 Å². The van der Waals surface area contributed by atoms with Gasteiger partial charge < -0.3 is 9.47 Å². The fraction of sp³-hybridized carbons (Fsp3) is 0.300. The highest BCUT2D eigenvalue weighted by atomic mass is 16.5. The SMILES string of the molecule is COC(CCCCC(=Nc1ccccc1)OC)=Nc1ccccc1. The Morgan fingerprint density at radius 2 is 1.04 bits per heavy atom. The van der Waals surface area contributed by atoms with Crippen LogP contribution in [0.15, 0.2) is 70.6 Å². The molecule has 0 saturated carbocycles. The van der Waals surface area contributed by atoms with Gasteiger partial charge in [0.15, 0.2) is 11.8 Å². The van der Waals surface area contributed by atoms with Crippen LogP contribution in [-0.4, -0.2) is 26.0 Å². The molecule has 126 valence electrons. The van der Waals surface area contributed by atoms with Gasteiger partial charge in [0, 0.05) is 12.8 Å². The highest BCUT2D eigenvalue weighted by Crippen LogP contribution is 2.15. The second kappa shape index (κ2) is 10.2. The third-order valence-corrected chi connectivity index (χ3v) is 3.52. The van der Waals surface area contributed by atoms with Crippen LogP contribution in [0.3, 0.4) is 0 Å². The molecule has 0 atom stereocenters. The first-order chi connectivity index (χ1) is 11.8. The summed E-state index contributed by atoms with van der Waals surface area (Å²) in [6.45, 7) is 0. The number of aliphatic imine (C=N–C) groups is 2. The molecule has 4 nitrogen and oxygen atoms in total. The van der Waals surface area contributed by atoms with Gasteiger partial charge in [0.2, 0.25) is 0 Å². The Kier molecular flexibility index (Phi) is 7.54. The smallest absolute Gasteiger partial charge is 0.188 e. The minimum Gasteiger partial charge on any atom is -0.484 e. The topological polar surface area (TPSA) is 43.2 Å². The van der Waals surface area contributed by atoms with Gasteiger partial charge in [0.1, 0.15) is 0 Å². The normalized spacial score (nSPS) is 12.1. The van der Waals surface area contributed by atoms with Crippen molar-refractivity contribution in [1.29, 1.82) is 0 Å². The largest absolute Gasteiger partial charge is 0.484 e. The average molecular weight is 324 g/mol.